The molecule has 0 aliphatic rings. The van der Waals surface area contributed by atoms with Crippen LogP contribution in [0.2, 0.25) is 0 Å². The van der Waals surface area contributed by atoms with Crippen molar-refractivity contribution < 1.29 is 19.1 Å². The van der Waals surface area contributed by atoms with E-state index in [-0.39, 0.29) is 23.6 Å². The van der Waals surface area contributed by atoms with Crippen molar-refractivity contribution in [2.24, 2.45) is 0 Å². The van der Waals surface area contributed by atoms with Gasteiger partial charge in [-0.3, -0.25) is 9.59 Å². The highest BCUT2D eigenvalue weighted by molar-refractivity contribution is 7.80. The normalized spacial score (nSPS) is 14.0. The van der Waals surface area contributed by atoms with Crippen LogP contribution in [0.1, 0.15) is 83.5 Å². The Morgan fingerprint density at radius 1 is 1.12 bits per heavy atom. The lowest BCUT2D eigenvalue weighted by Gasteiger charge is -2.38. The fourth-order valence-electron chi connectivity index (χ4n) is 3.47. The first-order valence-corrected chi connectivity index (χ1v) is 12.8. The number of nitrogens with one attached hydrogen (secondary N) is 2. The highest BCUT2D eigenvalue weighted by Crippen LogP contribution is 2.28. The quantitative estimate of drug-likeness (QED) is 0.308. The number of alkyl carbamates (subject to hydrolysis) is 1. The number of carbonyl (C=O) groups is 3. The zero-order valence-electron chi connectivity index (χ0n) is 22.0. The van der Waals surface area contributed by atoms with Crippen LogP contribution in [-0.2, 0) is 14.3 Å². The fourth-order valence-corrected chi connectivity index (χ4v) is 3.72. The van der Waals surface area contributed by atoms with Crippen molar-refractivity contribution in [3.63, 3.8) is 0 Å². The number of benzene rings is 1. The van der Waals surface area contributed by atoms with Gasteiger partial charge in [0.2, 0.25) is 11.8 Å². The molecule has 0 saturated heterocycles. The zero-order valence-corrected chi connectivity index (χ0v) is 22.9. The van der Waals surface area contributed by atoms with Crippen LogP contribution in [0.3, 0.4) is 0 Å². The average Bonchev–Trinajstić information content (AvgIpc) is 2.75. The predicted molar refractivity (Wildman–Crippen MR) is 140 cm³/mol. The van der Waals surface area contributed by atoms with Gasteiger partial charge in [0.1, 0.15) is 17.7 Å². The van der Waals surface area contributed by atoms with Crippen LogP contribution in [0.5, 0.6) is 0 Å². The van der Waals surface area contributed by atoms with Gasteiger partial charge in [-0.1, -0.05) is 38.5 Å². The van der Waals surface area contributed by atoms with Crippen LogP contribution in [0, 0.1) is 13.8 Å². The van der Waals surface area contributed by atoms with E-state index < -0.39 is 23.8 Å². The highest BCUT2D eigenvalue weighted by atomic mass is 32.1. The van der Waals surface area contributed by atoms with E-state index in [0.717, 1.165) is 29.5 Å². The van der Waals surface area contributed by atoms with Gasteiger partial charge in [0.25, 0.3) is 0 Å². The van der Waals surface area contributed by atoms with E-state index in [1.165, 1.54) is 0 Å². The largest absolute Gasteiger partial charge is 0.444 e. The molecule has 1 aromatic rings. The summed E-state index contributed by atoms with van der Waals surface area (Å²) in [5, 5.41) is 5.64. The molecule has 192 valence electrons. The number of aryl methyl sites for hydroxylation is 2. The number of rotatable bonds is 11. The summed E-state index contributed by atoms with van der Waals surface area (Å²) in [6.45, 7) is 15.7. The molecule has 0 aromatic heterocycles. The van der Waals surface area contributed by atoms with Crippen molar-refractivity contribution >= 4 is 30.5 Å². The predicted octanol–water partition coefficient (Wildman–Crippen LogP) is 4.71. The number of thiol groups is 1. The standard InChI is InChI=1S/C26H43N3O4S/c1-9-11-14-27-23(30)22(20-13-12-17(3)18(4)15-20)29(19(5)10-2)24(31)21(16-34)28-25(32)33-26(6,7)8/h12-13,15,19,21-22,34H,9-11,14,16H2,1-8H3,(H,27,30)(H,28,32). The smallest absolute Gasteiger partial charge is 0.408 e. The van der Waals surface area contributed by atoms with Crippen LogP contribution in [0.4, 0.5) is 4.79 Å². The third kappa shape index (κ3) is 8.85. The summed E-state index contributed by atoms with van der Waals surface area (Å²) >= 11 is 4.32. The Kier molecular flexibility index (Phi) is 11.9. The number of hydrogen-bond acceptors (Lipinski definition) is 5. The van der Waals surface area contributed by atoms with E-state index in [2.05, 4.69) is 30.2 Å². The Morgan fingerprint density at radius 2 is 1.76 bits per heavy atom. The van der Waals surface area contributed by atoms with Crippen molar-refractivity contribution in [3.8, 4) is 0 Å². The number of nitrogens with zero attached hydrogens (tertiary/aromatic N) is 1. The van der Waals surface area contributed by atoms with E-state index in [1.54, 1.807) is 25.7 Å². The number of amides is 3. The molecule has 7 nitrogen and oxygen atoms in total. The van der Waals surface area contributed by atoms with Crippen LogP contribution in [-0.4, -0.2) is 52.8 Å². The topological polar surface area (TPSA) is 87.7 Å². The van der Waals surface area contributed by atoms with Gasteiger partial charge < -0.3 is 20.3 Å². The van der Waals surface area contributed by atoms with Gasteiger partial charge in [-0.2, -0.15) is 12.6 Å². The molecule has 0 aliphatic carbocycles. The number of hydrogen-bond donors (Lipinski definition) is 3. The van der Waals surface area contributed by atoms with Crippen LogP contribution < -0.4 is 10.6 Å². The molecule has 2 N–H and O–H groups in total. The molecule has 8 heteroatoms. The molecule has 3 atom stereocenters. The van der Waals surface area contributed by atoms with Gasteiger partial charge >= 0.3 is 6.09 Å². The van der Waals surface area contributed by atoms with Crippen LogP contribution >= 0.6 is 12.6 Å². The van der Waals surface area contributed by atoms with Crippen molar-refractivity contribution in [1.29, 1.82) is 0 Å². The molecule has 0 saturated carbocycles. The summed E-state index contributed by atoms with van der Waals surface area (Å²) in [4.78, 5) is 41.3. The van der Waals surface area contributed by atoms with Crippen molar-refractivity contribution in [3.05, 3.63) is 34.9 Å². The number of carbonyl (C=O) groups excluding carboxylic acids is 3. The Balaban J connectivity index is 3.42. The van der Waals surface area contributed by atoms with Gasteiger partial charge in [-0.25, -0.2) is 4.79 Å². The maximum absolute atomic E-state index is 13.8. The summed E-state index contributed by atoms with van der Waals surface area (Å²) in [6, 6.07) is 3.79. The lowest BCUT2D eigenvalue weighted by atomic mass is 9.96. The second-order valence-electron chi connectivity index (χ2n) is 9.77. The van der Waals surface area contributed by atoms with Crippen molar-refractivity contribution in [1.82, 2.24) is 15.5 Å². The first kappa shape index (κ1) is 29.8. The van der Waals surface area contributed by atoms with Gasteiger partial charge in [-0.15, -0.1) is 0 Å². The van der Waals surface area contributed by atoms with E-state index in [1.807, 2.05) is 45.9 Å². The maximum Gasteiger partial charge on any atom is 0.408 e. The number of unbranched alkanes of at least 4 members (excludes halogenated alkanes) is 1. The van der Waals surface area contributed by atoms with Crippen LogP contribution in [0.25, 0.3) is 0 Å². The van der Waals surface area contributed by atoms with Gasteiger partial charge in [-0.05, 0) is 71.1 Å². The minimum Gasteiger partial charge on any atom is -0.444 e. The fraction of sp³-hybridized carbons (Fsp3) is 0.654. The van der Waals surface area contributed by atoms with Crippen LogP contribution in [0.15, 0.2) is 18.2 Å². The average molecular weight is 494 g/mol. The molecular weight excluding hydrogens is 450 g/mol. The van der Waals surface area contributed by atoms with E-state index in [4.69, 9.17) is 4.74 Å². The molecule has 34 heavy (non-hydrogen) atoms. The van der Waals surface area contributed by atoms with E-state index >= 15 is 0 Å². The second kappa shape index (κ2) is 13.6. The van der Waals surface area contributed by atoms with Gasteiger partial charge in [0, 0.05) is 18.3 Å². The SMILES string of the molecule is CCCCNC(=O)C(c1ccc(C)c(C)c1)N(C(=O)C(CS)NC(=O)OC(C)(C)C)C(C)CC. The molecule has 0 aliphatic heterocycles. The lowest BCUT2D eigenvalue weighted by molar-refractivity contribution is -0.144. The van der Waals surface area contributed by atoms with Gasteiger partial charge in [0.15, 0.2) is 0 Å². The van der Waals surface area contributed by atoms with Gasteiger partial charge in [0.05, 0.1) is 0 Å². The summed E-state index contributed by atoms with van der Waals surface area (Å²) in [5.41, 5.74) is 2.18. The Bertz CT molecular complexity index is 838. The molecular formula is C26H43N3O4S. The minimum absolute atomic E-state index is 0.0715. The summed E-state index contributed by atoms with van der Waals surface area (Å²) in [6.07, 6.45) is 1.74. The molecule has 0 bridgehead atoms. The maximum atomic E-state index is 13.8. The second-order valence-corrected chi connectivity index (χ2v) is 10.1. The minimum atomic E-state index is -0.940. The molecule has 0 fully saturated rings. The first-order valence-electron chi connectivity index (χ1n) is 12.1. The Labute approximate surface area is 210 Å². The monoisotopic (exact) mass is 493 g/mol. The van der Waals surface area contributed by atoms with E-state index in [0.29, 0.717) is 13.0 Å². The molecule has 0 radical (unpaired) electrons. The highest BCUT2D eigenvalue weighted by Gasteiger charge is 2.38. The molecule has 0 spiro atoms. The molecule has 1 rings (SSSR count). The third-order valence-corrected chi connectivity index (χ3v) is 6.06. The molecule has 0 heterocycles. The summed E-state index contributed by atoms with van der Waals surface area (Å²) < 4.78 is 5.34. The molecule has 3 unspecified atom stereocenters. The lowest BCUT2D eigenvalue weighted by Crippen LogP contribution is -2.56. The molecule has 3 amide bonds. The van der Waals surface area contributed by atoms with Crippen molar-refractivity contribution in [2.75, 3.05) is 12.3 Å². The number of ether oxygens (including phenoxy) is 1. The zero-order chi connectivity index (χ0) is 26.1. The summed E-state index contributed by atoms with van der Waals surface area (Å²) in [7, 11) is 0. The third-order valence-electron chi connectivity index (χ3n) is 5.69. The molecule has 1 aromatic carbocycles. The Hall–Kier alpha value is -2.22. The first-order chi connectivity index (χ1) is 15.9. The Morgan fingerprint density at radius 3 is 2.26 bits per heavy atom. The van der Waals surface area contributed by atoms with E-state index in [9.17, 15) is 14.4 Å². The summed E-state index contributed by atoms with van der Waals surface area (Å²) in [5.74, 6) is -0.535. The van der Waals surface area contributed by atoms with Crippen molar-refractivity contribution in [2.45, 2.75) is 98.4 Å².